The van der Waals surface area contributed by atoms with Gasteiger partial charge in [0, 0.05) is 17.4 Å². The fourth-order valence-corrected chi connectivity index (χ4v) is 1.89. The summed E-state index contributed by atoms with van der Waals surface area (Å²) in [5.41, 5.74) is 9.25. The Kier molecular flexibility index (Phi) is 4.25. The van der Waals surface area contributed by atoms with E-state index < -0.39 is 0 Å². The molecular weight excluding hydrogens is 252 g/mol. The lowest BCUT2D eigenvalue weighted by Crippen LogP contribution is -2.20. The summed E-state index contributed by atoms with van der Waals surface area (Å²) in [6.45, 7) is 3.93. The standard InChI is InChI=1S/C16H18N2O2/c1-11-6-7-15(12(2)8-11)18-16(19)10-20-14-5-3-4-13(17)9-14/h3-9H,10,17H2,1-2H3,(H,18,19). The van der Waals surface area contributed by atoms with E-state index >= 15 is 0 Å². The van der Waals surface area contributed by atoms with Crippen LogP contribution in [0, 0.1) is 13.8 Å². The van der Waals surface area contributed by atoms with Crippen molar-refractivity contribution in [2.75, 3.05) is 17.7 Å². The summed E-state index contributed by atoms with van der Waals surface area (Å²) >= 11 is 0. The maximum Gasteiger partial charge on any atom is 0.262 e. The summed E-state index contributed by atoms with van der Waals surface area (Å²) in [5.74, 6) is 0.389. The van der Waals surface area contributed by atoms with E-state index in [1.165, 1.54) is 0 Å². The van der Waals surface area contributed by atoms with Gasteiger partial charge in [0.05, 0.1) is 0 Å². The number of aryl methyl sites for hydroxylation is 2. The van der Waals surface area contributed by atoms with Crippen LogP contribution < -0.4 is 15.8 Å². The summed E-state index contributed by atoms with van der Waals surface area (Å²) in [4.78, 5) is 11.8. The minimum Gasteiger partial charge on any atom is -0.484 e. The predicted molar refractivity (Wildman–Crippen MR) is 80.9 cm³/mol. The van der Waals surface area contributed by atoms with Crippen LogP contribution in [0.2, 0.25) is 0 Å². The van der Waals surface area contributed by atoms with E-state index in [-0.39, 0.29) is 12.5 Å². The van der Waals surface area contributed by atoms with Gasteiger partial charge in [0.1, 0.15) is 5.75 Å². The molecule has 0 aromatic heterocycles. The molecule has 0 bridgehead atoms. The van der Waals surface area contributed by atoms with E-state index in [1.54, 1.807) is 24.3 Å². The zero-order valence-electron chi connectivity index (χ0n) is 11.6. The molecule has 0 aliphatic rings. The highest BCUT2D eigenvalue weighted by Gasteiger charge is 2.06. The first-order valence-electron chi connectivity index (χ1n) is 6.40. The molecular formula is C16H18N2O2. The van der Waals surface area contributed by atoms with Crippen molar-refractivity contribution < 1.29 is 9.53 Å². The first kappa shape index (κ1) is 13.9. The van der Waals surface area contributed by atoms with Gasteiger partial charge >= 0.3 is 0 Å². The van der Waals surface area contributed by atoms with E-state index in [4.69, 9.17) is 10.5 Å². The number of benzene rings is 2. The van der Waals surface area contributed by atoms with Gasteiger partial charge in [0.15, 0.2) is 6.61 Å². The summed E-state index contributed by atoms with van der Waals surface area (Å²) in [6.07, 6.45) is 0. The normalized spacial score (nSPS) is 10.1. The minimum absolute atomic E-state index is 0.0449. The number of anilines is 2. The van der Waals surface area contributed by atoms with Crippen LogP contribution in [0.4, 0.5) is 11.4 Å². The topological polar surface area (TPSA) is 64.3 Å². The van der Waals surface area contributed by atoms with E-state index in [9.17, 15) is 4.79 Å². The Hall–Kier alpha value is -2.49. The number of amides is 1. The van der Waals surface area contributed by atoms with Gasteiger partial charge in [0.25, 0.3) is 5.91 Å². The average molecular weight is 270 g/mol. The highest BCUT2D eigenvalue weighted by atomic mass is 16.5. The summed E-state index contributed by atoms with van der Waals surface area (Å²) in [6, 6.07) is 12.9. The van der Waals surface area contributed by atoms with Crippen molar-refractivity contribution >= 4 is 17.3 Å². The monoisotopic (exact) mass is 270 g/mol. The lowest BCUT2D eigenvalue weighted by molar-refractivity contribution is -0.118. The number of carbonyl (C=O) groups excluding carboxylic acids is 1. The third kappa shape index (κ3) is 3.75. The lowest BCUT2D eigenvalue weighted by atomic mass is 10.1. The molecule has 1 amide bonds. The number of carbonyl (C=O) groups is 1. The van der Waals surface area contributed by atoms with Crippen molar-refractivity contribution in [3.8, 4) is 5.75 Å². The van der Waals surface area contributed by atoms with Gasteiger partial charge in [-0.2, -0.15) is 0 Å². The molecule has 0 heterocycles. The van der Waals surface area contributed by atoms with Gasteiger partial charge in [-0.3, -0.25) is 4.79 Å². The van der Waals surface area contributed by atoms with Crippen LogP contribution in [-0.4, -0.2) is 12.5 Å². The molecule has 3 N–H and O–H groups in total. The minimum atomic E-state index is -0.195. The second kappa shape index (κ2) is 6.10. The van der Waals surface area contributed by atoms with Gasteiger partial charge < -0.3 is 15.8 Å². The molecule has 20 heavy (non-hydrogen) atoms. The third-order valence-electron chi connectivity index (χ3n) is 2.88. The molecule has 2 aromatic rings. The summed E-state index contributed by atoms with van der Waals surface area (Å²) in [5, 5.41) is 2.83. The molecule has 0 radical (unpaired) electrons. The molecule has 0 spiro atoms. The molecule has 4 nitrogen and oxygen atoms in total. The molecule has 2 aromatic carbocycles. The maximum atomic E-state index is 11.8. The Morgan fingerprint density at radius 2 is 2.00 bits per heavy atom. The van der Waals surface area contributed by atoms with Crippen LogP contribution in [0.1, 0.15) is 11.1 Å². The lowest BCUT2D eigenvalue weighted by Gasteiger charge is -2.10. The highest BCUT2D eigenvalue weighted by Crippen LogP contribution is 2.17. The van der Waals surface area contributed by atoms with Crippen molar-refractivity contribution in [2.45, 2.75) is 13.8 Å². The summed E-state index contributed by atoms with van der Waals surface area (Å²) in [7, 11) is 0. The molecule has 0 saturated heterocycles. The molecule has 104 valence electrons. The molecule has 0 aliphatic heterocycles. The van der Waals surface area contributed by atoms with Gasteiger partial charge in [-0.05, 0) is 37.6 Å². The Labute approximate surface area is 118 Å². The molecule has 0 atom stereocenters. The second-order valence-corrected chi connectivity index (χ2v) is 4.73. The maximum absolute atomic E-state index is 11.8. The number of nitrogens with one attached hydrogen (secondary N) is 1. The van der Waals surface area contributed by atoms with Gasteiger partial charge in [0.2, 0.25) is 0 Å². The first-order chi connectivity index (χ1) is 9.54. The van der Waals surface area contributed by atoms with Crippen LogP contribution >= 0.6 is 0 Å². The smallest absolute Gasteiger partial charge is 0.262 e. The Balaban J connectivity index is 1.92. The van der Waals surface area contributed by atoms with Crippen LogP contribution in [0.25, 0.3) is 0 Å². The number of nitrogens with two attached hydrogens (primary N) is 1. The van der Waals surface area contributed by atoms with E-state index in [1.807, 2.05) is 32.0 Å². The zero-order chi connectivity index (χ0) is 14.5. The van der Waals surface area contributed by atoms with E-state index in [0.29, 0.717) is 11.4 Å². The Morgan fingerprint density at radius 1 is 1.20 bits per heavy atom. The molecule has 2 rings (SSSR count). The first-order valence-corrected chi connectivity index (χ1v) is 6.40. The van der Waals surface area contributed by atoms with E-state index in [0.717, 1.165) is 16.8 Å². The SMILES string of the molecule is Cc1ccc(NC(=O)COc2cccc(N)c2)c(C)c1. The second-order valence-electron chi connectivity index (χ2n) is 4.73. The quantitative estimate of drug-likeness (QED) is 0.840. The largest absolute Gasteiger partial charge is 0.484 e. The van der Waals surface area contributed by atoms with Crippen LogP contribution in [-0.2, 0) is 4.79 Å². The third-order valence-corrected chi connectivity index (χ3v) is 2.88. The van der Waals surface area contributed by atoms with Crippen molar-refractivity contribution in [1.82, 2.24) is 0 Å². The van der Waals surface area contributed by atoms with Crippen LogP contribution in [0.5, 0.6) is 5.75 Å². The van der Waals surface area contributed by atoms with Crippen molar-refractivity contribution in [3.05, 3.63) is 53.6 Å². The number of hydrogen-bond donors (Lipinski definition) is 2. The Bertz CT molecular complexity index is 624. The number of nitrogen functional groups attached to an aromatic ring is 1. The van der Waals surface area contributed by atoms with Crippen LogP contribution in [0.15, 0.2) is 42.5 Å². The van der Waals surface area contributed by atoms with Crippen LogP contribution in [0.3, 0.4) is 0 Å². The highest BCUT2D eigenvalue weighted by molar-refractivity contribution is 5.92. The summed E-state index contributed by atoms with van der Waals surface area (Å²) < 4.78 is 5.39. The van der Waals surface area contributed by atoms with Gasteiger partial charge in [-0.15, -0.1) is 0 Å². The molecule has 4 heteroatoms. The molecule has 0 unspecified atom stereocenters. The fraction of sp³-hybridized carbons (Fsp3) is 0.188. The fourth-order valence-electron chi connectivity index (χ4n) is 1.89. The average Bonchev–Trinajstić information content (AvgIpc) is 2.40. The van der Waals surface area contributed by atoms with Gasteiger partial charge in [-0.25, -0.2) is 0 Å². The van der Waals surface area contributed by atoms with Gasteiger partial charge in [-0.1, -0.05) is 23.8 Å². The number of rotatable bonds is 4. The number of hydrogen-bond acceptors (Lipinski definition) is 3. The van der Waals surface area contributed by atoms with Crippen molar-refractivity contribution in [2.24, 2.45) is 0 Å². The molecule has 0 saturated carbocycles. The van der Waals surface area contributed by atoms with Crippen molar-refractivity contribution in [1.29, 1.82) is 0 Å². The molecule has 0 fully saturated rings. The Morgan fingerprint density at radius 3 is 2.70 bits per heavy atom. The van der Waals surface area contributed by atoms with Crippen molar-refractivity contribution in [3.63, 3.8) is 0 Å². The number of ether oxygens (including phenoxy) is 1. The predicted octanol–water partition coefficient (Wildman–Crippen LogP) is 2.90. The zero-order valence-corrected chi connectivity index (χ0v) is 11.6. The van der Waals surface area contributed by atoms with E-state index in [2.05, 4.69) is 5.32 Å². The molecule has 0 aliphatic carbocycles.